The van der Waals surface area contributed by atoms with Crippen molar-refractivity contribution in [2.45, 2.75) is 58.3 Å². The normalized spacial score (nSPS) is 11.6. The average molecular weight is 254 g/mol. The maximum absolute atomic E-state index is 9.28. The molecule has 1 aromatic rings. The molecule has 0 spiro atoms. The summed E-state index contributed by atoms with van der Waals surface area (Å²) in [5, 5.41) is 18.4. The number of hydrogen-bond acceptors (Lipinski definition) is 2. The first-order valence-corrected chi connectivity index (χ1v) is 7.21. The van der Waals surface area contributed by atoms with E-state index < -0.39 is 0 Å². The molecule has 0 fully saturated rings. The SMILES string of the molecule is CCCCCCC(CC)c1cccc(C#N)c1C#N. The highest BCUT2D eigenvalue weighted by atomic mass is 14.3. The molecule has 100 valence electrons. The van der Waals surface area contributed by atoms with Crippen molar-refractivity contribution in [3.63, 3.8) is 0 Å². The number of benzene rings is 1. The Morgan fingerprint density at radius 2 is 1.84 bits per heavy atom. The second kappa shape index (κ2) is 8.33. The highest BCUT2D eigenvalue weighted by Gasteiger charge is 2.15. The Kier molecular flexibility index (Phi) is 6.69. The molecular weight excluding hydrogens is 232 g/mol. The van der Waals surface area contributed by atoms with Crippen LogP contribution < -0.4 is 0 Å². The lowest BCUT2D eigenvalue weighted by atomic mass is 9.86. The van der Waals surface area contributed by atoms with Crippen LogP contribution in [0.1, 0.15) is 75.0 Å². The van der Waals surface area contributed by atoms with Gasteiger partial charge in [0.2, 0.25) is 0 Å². The molecule has 1 atom stereocenters. The van der Waals surface area contributed by atoms with Gasteiger partial charge in [0.1, 0.15) is 12.1 Å². The first kappa shape index (κ1) is 15.3. The molecule has 0 radical (unpaired) electrons. The zero-order valence-electron chi connectivity index (χ0n) is 11.9. The topological polar surface area (TPSA) is 47.6 Å². The van der Waals surface area contributed by atoms with E-state index in [1.165, 1.54) is 25.7 Å². The Bertz CT molecular complexity index is 477. The Labute approximate surface area is 116 Å². The molecule has 0 aromatic heterocycles. The third-order valence-corrected chi connectivity index (χ3v) is 3.67. The summed E-state index contributed by atoms with van der Waals surface area (Å²) in [4.78, 5) is 0. The highest BCUT2D eigenvalue weighted by Crippen LogP contribution is 2.29. The van der Waals surface area contributed by atoms with Crippen molar-refractivity contribution >= 4 is 0 Å². The Hall–Kier alpha value is -1.80. The second-order valence-corrected chi connectivity index (χ2v) is 4.95. The van der Waals surface area contributed by atoms with Crippen LogP contribution in [0, 0.1) is 22.7 Å². The van der Waals surface area contributed by atoms with E-state index in [0.717, 1.165) is 18.4 Å². The Morgan fingerprint density at radius 3 is 2.42 bits per heavy atom. The monoisotopic (exact) mass is 254 g/mol. The zero-order valence-corrected chi connectivity index (χ0v) is 11.9. The molecule has 0 amide bonds. The molecule has 2 heteroatoms. The van der Waals surface area contributed by atoms with E-state index in [1.807, 2.05) is 12.1 Å². The van der Waals surface area contributed by atoms with Crippen molar-refractivity contribution in [3.8, 4) is 12.1 Å². The smallest absolute Gasteiger partial charge is 0.101 e. The fraction of sp³-hybridized carbons (Fsp3) is 0.529. The van der Waals surface area contributed by atoms with Crippen molar-refractivity contribution < 1.29 is 0 Å². The van der Waals surface area contributed by atoms with Crippen molar-refractivity contribution in [2.75, 3.05) is 0 Å². The molecule has 1 rings (SSSR count). The molecular formula is C17H22N2. The van der Waals surface area contributed by atoms with Gasteiger partial charge >= 0.3 is 0 Å². The highest BCUT2D eigenvalue weighted by molar-refractivity contribution is 5.51. The van der Waals surface area contributed by atoms with Crippen LogP contribution in [0.4, 0.5) is 0 Å². The number of rotatable bonds is 7. The maximum Gasteiger partial charge on any atom is 0.101 e. The summed E-state index contributed by atoms with van der Waals surface area (Å²) in [6.07, 6.45) is 7.11. The van der Waals surface area contributed by atoms with Crippen LogP contribution in [-0.2, 0) is 0 Å². The zero-order chi connectivity index (χ0) is 14.1. The molecule has 0 bridgehead atoms. The molecule has 0 N–H and O–H groups in total. The first-order valence-electron chi connectivity index (χ1n) is 7.21. The number of unbranched alkanes of at least 4 members (excludes halogenated alkanes) is 3. The number of nitrogens with zero attached hydrogens (tertiary/aromatic N) is 2. The van der Waals surface area contributed by atoms with E-state index >= 15 is 0 Å². The van der Waals surface area contributed by atoms with Crippen molar-refractivity contribution in [1.82, 2.24) is 0 Å². The van der Waals surface area contributed by atoms with Gasteiger partial charge in [-0.2, -0.15) is 10.5 Å². The first-order chi connectivity index (χ1) is 9.28. The molecule has 2 nitrogen and oxygen atoms in total. The summed E-state index contributed by atoms with van der Waals surface area (Å²) in [5.41, 5.74) is 2.14. The van der Waals surface area contributed by atoms with Crippen LogP contribution in [0.5, 0.6) is 0 Å². The van der Waals surface area contributed by atoms with Gasteiger partial charge in [-0.3, -0.25) is 0 Å². The summed E-state index contributed by atoms with van der Waals surface area (Å²) < 4.78 is 0. The largest absolute Gasteiger partial charge is 0.192 e. The van der Waals surface area contributed by atoms with Gasteiger partial charge in [-0.05, 0) is 30.4 Å². The quantitative estimate of drug-likeness (QED) is 0.650. The molecule has 19 heavy (non-hydrogen) atoms. The van der Waals surface area contributed by atoms with Crippen molar-refractivity contribution in [3.05, 3.63) is 34.9 Å². The molecule has 1 unspecified atom stereocenters. The Balaban J connectivity index is 2.87. The molecule has 0 saturated carbocycles. The Morgan fingerprint density at radius 1 is 1.05 bits per heavy atom. The van der Waals surface area contributed by atoms with Gasteiger partial charge in [0.05, 0.1) is 11.1 Å². The molecule has 0 aliphatic rings. The summed E-state index contributed by atoms with van der Waals surface area (Å²) in [6.45, 7) is 4.37. The van der Waals surface area contributed by atoms with Crippen LogP contribution in [0.3, 0.4) is 0 Å². The third-order valence-electron chi connectivity index (χ3n) is 3.67. The van der Waals surface area contributed by atoms with Crippen LogP contribution in [0.15, 0.2) is 18.2 Å². The summed E-state index contributed by atoms with van der Waals surface area (Å²) in [6, 6.07) is 9.96. The third kappa shape index (κ3) is 4.11. The minimum atomic E-state index is 0.403. The average Bonchev–Trinajstić information content (AvgIpc) is 2.46. The van der Waals surface area contributed by atoms with E-state index in [1.54, 1.807) is 6.07 Å². The van der Waals surface area contributed by atoms with Gasteiger partial charge in [-0.15, -0.1) is 0 Å². The predicted molar refractivity (Wildman–Crippen MR) is 77.7 cm³/mol. The lowest BCUT2D eigenvalue weighted by molar-refractivity contribution is 0.542. The van der Waals surface area contributed by atoms with Crippen LogP contribution >= 0.6 is 0 Å². The molecule has 0 aliphatic heterocycles. The minimum absolute atomic E-state index is 0.403. The van der Waals surface area contributed by atoms with Crippen molar-refractivity contribution in [1.29, 1.82) is 10.5 Å². The molecule has 0 saturated heterocycles. The van der Waals surface area contributed by atoms with E-state index in [-0.39, 0.29) is 0 Å². The van der Waals surface area contributed by atoms with Crippen LogP contribution in [-0.4, -0.2) is 0 Å². The molecule has 0 aliphatic carbocycles. The van der Waals surface area contributed by atoms with Gasteiger partial charge in [-0.1, -0.05) is 51.7 Å². The lowest BCUT2D eigenvalue weighted by Crippen LogP contribution is -2.02. The van der Waals surface area contributed by atoms with Crippen LogP contribution in [0.25, 0.3) is 0 Å². The van der Waals surface area contributed by atoms with E-state index in [2.05, 4.69) is 26.0 Å². The van der Waals surface area contributed by atoms with E-state index in [4.69, 9.17) is 5.26 Å². The molecule has 0 heterocycles. The summed E-state index contributed by atoms with van der Waals surface area (Å²) in [5.74, 6) is 0.403. The second-order valence-electron chi connectivity index (χ2n) is 4.95. The van der Waals surface area contributed by atoms with Gasteiger partial charge in [0.15, 0.2) is 0 Å². The summed E-state index contributed by atoms with van der Waals surface area (Å²) in [7, 11) is 0. The standard InChI is InChI=1S/C17H22N2/c1-3-5-6-7-9-14(4-2)16-11-8-10-15(12-18)17(16)13-19/h8,10-11,14H,3-7,9H2,1-2H3. The van der Waals surface area contributed by atoms with Crippen LogP contribution in [0.2, 0.25) is 0 Å². The van der Waals surface area contributed by atoms with Gasteiger partial charge in [-0.25, -0.2) is 0 Å². The van der Waals surface area contributed by atoms with E-state index in [0.29, 0.717) is 17.0 Å². The summed E-state index contributed by atoms with van der Waals surface area (Å²) >= 11 is 0. The lowest BCUT2D eigenvalue weighted by Gasteiger charge is -2.17. The maximum atomic E-state index is 9.28. The fourth-order valence-corrected chi connectivity index (χ4v) is 2.53. The van der Waals surface area contributed by atoms with Crippen molar-refractivity contribution in [2.24, 2.45) is 0 Å². The minimum Gasteiger partial charge on any atom is -0.192 e. The van der Waals surface area contributed by atoms with E-state index in [9.17, 15) is 5.26 Å². The molecule has 1 aromatic carbocycles. The van der Waals surface area contributed by atoms with Gasteiger partial charge < -0.3 is 0 Å². The predicted octanol–water partition coefficient (Wildman–Crippen LogP) is 4.89. The van der Waals surface area contributed by atoms with Gasteiger partial charge in [0, 0.05) is 0 Å². The fourth-order valence-electron chi connectivity index (χ4n) is 2.53. The van der Waals surface area contributed by atoms with Gasteiger partial charge in [0.25, 0.3) is 0 Å². The number of hydrogen-bond donors (Lipinski definition) is 0. The number of nitriles is 2.